The van der Waals surface area contributed by atoms with Gasteiger partial charge in [0.15, 0.2) is 0 Å². The quantitative estimate of drug-likeness (QED) is 0.790. The smallest absolute Gasteiger partial charge is 0.251 e. The molecule has 15 heavy (non-hydrogen) atoms. The third kappa shape index (κ3) is 2.38. The summed E-state index contributed by atoms with van der Waals surface area (Å²) in [6, 6.07) is 4.10. The Morgan fingerprint density at radius 2 is 1.87 bits per heavy atom. The van der Waals surface area contributed by atoms with Crippen LogP contribution in [-0.4, -0.2) is 13.0 Å². The van der Waals surface area contributed by atoms with Crippen LogP contribution in [0, 0.1) is 13.8 Å². The minimum atomic E-state index is -0.00176. The van der Waals surface area contributed by atoms with Gasteiger partial charge in [-0.05, 0) is 37.0 Å². The first-order valence-corrected chi connectivity index (χ1v) is 5.30. The Bertz CT molecular complexity index is 380. The van der Waals surface area contributed by atoms with Crippen LogP contribution in [0.25, 0.3) is 0 Å². The lowest BCUT2D eigenvalue weighted by atomic mass is 9.92. The number of aryl methyl sites for hydroxylation is 1. The summed E-state index contributed by atoms with van der Waals surface area (Å²) in [6.07, 6.45) is 0. The molecule has 0 saturated carbocycles. The van der Waals surface area contributed by atoms with Crippen molar-refractivity contribution >= 4 is 5.91 Å². The van der Waals surface area contributed by atoms with Crippen LogP contribution in [0.3, 0.4) is 0 Å². The molecule has 0 aliphatic heterocycles. The summed E-state index contributed by atoms with van der Waals surface area (Å²) in [6.45, 7) is 8.34. The van der Waals surface area contributed by atoms with E-state index in [4.69, 9.17) is 0 Å². The summed E-state index contributed by atoms with van der Waals surface area (Å²) in [5, 5.41) is 2.68. The fraction of sp³-hybridized carbons (Fsp3) is 0.462. The van der Waals surface area contributed by atoms with Crippen LogP contribution >= 0.6 is 0 Å². The summed E-state index contributed by atoms with van der Waals surface area (Å²) in [5.74, 6) is 0.450. The van der Waals surface area contributed by atoms with Crippen molar-refractivity contribution in [2.24, 2.45) is 0 Å². The maximum Gasteiger partial charge on any atom is 0.251 e. The number of amides is 1. The fourth-order valence-corrected chi connectivity index (χ4v) is 1.86. The fourth-order valence-electron chi connectivity index (χ4n) is 1.86. The number of rotatable bonds is 2. The van der Waals surface area contributed by atoms with Crippen molar-refractivity contribution in [1.29, 1.82) is 0 Å². The van der Waals surface area contributed by atoms with Gasteiger partial charge in [-0.25, -0.2) is 0 Å². The number of hydrogen-bond acceptors (Lipinski definition) is 1. The average molecular weight is 205 g/mol. The molecule has 1 amide bonds. The first-order chi connectivity index (χ1) is 6.97. The van der Waals surface area contributed by atoms with E-state index >= 15 is 0 Å². The zero-order chi connectivity index (χ0) is 11.6. The molecule has 0 aromatic heterocycles. The summed E-state index contributed by atoms with van der Waals surface area (Å²) < 4.78 is 0. The number of carbonyl (C=O) groups excluding carboxylic acids is 1. The first-order valence-electron chi connectivity index (χ1n) is 5.30. The molecule has 0 aliphatic rings. The summed E-state index contributed by atoms with van der Waals surface area (Å²) in [5.41, 5.74) is 4.28. The Morgan fingerprint density at radius 3 is 2.33 bits per heavy atom. The van der Waals surface area contributed by atoms with Gasteiger partial charge < -0.3 is 5.32 Å². The Kier molecular flexibility index (Phi) is 3.51. The maximum atomic E-state index is 11.7. The van der Waals surface area contributed by atoms with E-state index in [1.165, 1.54) is 5.56 Å². The highest BCUT2D eigenvalue weighted by Crippen LogP contribution is 2.23. The molecule has 1 aromatic rings. The van der Waals surface area contributed by atoms with Gasteiger partial charge >= 0.3 is 0 Å². The second-order valence-corrected chi connectivity index (χ2v) is 4.26. The van der Waals surface area contributed by atoms with E-state index in [1.54, 1.807) is 7.05 Å². The number of benzene rings is 1. The van der Waals surface area contributed by atoms with Gasteiger partial charge in [-0.15, -0.1) is 0 Å². The first kappa shape index (κ1) is 11.8. The molecule has 1 rings (SSSR count). The molecular weight excluding hydrogens is 186 g/mol. The van der Waals surface area contributed by atoms with Gasteiger partial charge in [0.25, 0.3) is 5.91 Å². The lowest BCUT2D eigenvalue weighted by Crippen LogP contribution is -2.20. The van der Waals surface area contributed by atoms with Crippen molar-refractivity contribution in [3.05, 3.63) is 34.4 Å². The van der Waals surface area contributed by atoms with Crippen LogP contribution in [0.4, 0.5) is 0 Å². The van der Waals surface area contributed by atoms with Gasteiger partial charge in [0.05, 0.1) is 0 Å². The molecule has 2 nitrogen and oxygen atoms in total. The zero-order valence-electron chi connectivity index (χ0n) is 10.1. The molecule has 0 unspecified atom stereocenters. The van der Waals surface area contributed by atoms with E-state index in [2.05, 4.69) is 25.2 Å². The lowest BCUT2D eigenvalue weighted by molar-refractivity contribution is 0.0962. The Labute approximate surface area is 91.7 Å². The van der Waals surface area contributed by atoms with Crippen molar-refractivity contribution in [2.75, 3.05) is 7.05 Å². The van der Waals surface area contributed by atoms with Gasteiger partial charge in [-0.2, -0.15) is 0 Å². The van der Waals surface area contributed by atoms with Crippen LogP contribution in [0.15, 0.2) is 12.1 Å². The molecule has 0 spiro atoms. The minimum absolute atomic E-state index is 0.00176. The SMILES string of the molecule is CNC(=O)c1cc(C)cc(C(C)C)c1C. The van der Waals surface area contributed by atoms with E-state index in [9.17, 15) is 4.79 Å². The van der Waals surface area contributed by atoms with E-state index in [0.29, 0.717) is 5.92 Å². The highest BCUT2D eigenvalue weighted by Gasteiger charge is 2.13. The molecule has 0 atom stereocenters. The molecule has 1 aromatic carbocycles. The third-order valence-electron chi connectivity index (χ3n) is 2.69. The predicted molar refractivity (Wildman–Crippen MR) is 63.4 cm³/mol. The largest absolute Gasteiger partial charge is 0.355 e. The van der Waals surface area contributed by atoms with Gasteiger partial charge in [0.1, 0.15) is 0 Å². The van der Waals surface area contributed by atoms with Gasteiger partial charge in [0, 0.05) is 12.6 Å². The van der Waals surface area contributed by atoms with Crippen LogP contribution in [0.2, 0.25) is 0 Å². The Morgan fingerprint density at radius 1 is 1.27 bits per heavy atom. The molecule has 0 heterocycles. The highest BCUT2D eigenvalue weighted by molar-refractivity contribution is 5.96. The lowest BCUT2D eigenvalue weighted by Gasteiger charge is -2.14. The van der Waals surface area contributed by atoms with Gasteiger partial charge in [0.2, 0.25) is 0 Å². The zero-order valence-corrected chi connectivity index (χ0v) is 10.1. The molecule has 0 aliphatic carbocycles. The average Bonchev–Trinajstić information content (AvgIpc) is 2.19. The van der Waals surface area contributed by atoms with Gasteiger partial charge in [-0.1, -0.05) is 25.5 Å². The molecule has 0 radical (unpaired) electrons. The summed E-state index contributed by atoms with van der Waals surface area (Å²) in [7, 11) is 1.67. The predicted octanol–water partition coefficient (Wildman–Crippen LogP) is 2.79. The Hall–Kier alpha value is -1.31. The summed E-state index contributed by atoms with van der Waals surface area (Å²) >= 11 is 0. The number of nitrogens with one attached hydrogen (secondary N) is 1. The van der Waals surface area contributed by atoms with E-state index in [-0.39, 0.29) is 5.91 Å². The summed E-state index contributed by atoms with van der Waals surface area (Å²) in [4.78, 5) is 11.7. The normalized spacial score (nSPS) is 10.5. The number of carbonyl (C=O) groups is 1. The molecule has 1 N–H and O–H groups in total. The van der Waals surface area contributed by atoms with Gasteiger partial charge in [-0.3, -0.25) is 4.79 Å². The van der Waals surface area contributed by atoms with E-state index < -0.39 is 0 Å². The third-order valence-corrected chi connectivity index (χ3v) is 2.69. The van der Waals surface area contributed by atoms with Crippen molar-refractivity contribution < 1.29 is 4.79 Å². The highest BCUT2D eigenvalue weighted by atomic mass is 16.1. The minimum Gasteiger partial charge on any atom is -0.355 e. The van der Waals surface area contributed by atoms with Crippen molar-refractivity contribution in [3.8, 4) is 0 Å². The molecule has 0 fully saturated rings. The van der Waals surface area contributed by atoms with Crippen molar-refractivity contribution in [3.63, 3.8) is 0 Å². The van der Waals surface area contributed by atoms with E-state index in [0.717, 1.165) is 16.7 Å². The van der Waals surface area contributed by atoms with Crippen LogP contribution in [0.1, 0.15) is 46.8 Å². The maximum absolute atomic E-state index is 11.7. The monoisotopic (exact) mass is 205 g/mol. The number of hydrogen-bond donors (Lipinski definition) is 1. The molecule has 2 heteroatoms. The standard InChI is InChI=1S/C13H19NO/c1-8(2)11-6-9(3)7-12(10(11)4)13(15)14-5/h6-8H,1-5H3,(H,14,15). The van der Waals surface area contributed by atoms with Crippen LogP contribution < -0.4 is 5.32 Å². The second kappa shape index (κ2) is 4.47. The van der Waals surface area contributed by atoms with Crippen molar-refractivity contribution in [2.45, 2.75) is 33.6 Å². The van der Waals surface area contributed by atoms with Crippen LogP contribution in [-0.2, 0) is 0 Å². The second-order valence-electron chi connectivity index (χ2n) is 4.26. The van der Waals surface area contributed by atoms with Crippen molar-refractivity contribution in [1.82, 2.24) is 5.32 Å². The van der Waals surface area contributed by atoms with E-state index in [1.807, 2.05) is 19.9 Å². The van der Waals surface area contributed by atoms with Crippen LogP contribution in [0.5, 0.6) is 0 Å². The molecule has 0 bridgehead atoms. The topological polar surface area (TPSA) is 29.1 Å². The molecule has 82 valence electrons. The molecule has 0 saturated heterocycles. The Balaban J connectivity index is 3.34. The molecular formula is C13H19NO.